The van der Waals surface area contributed by atoms with Gasteiger partial charge in [-0.3, -0.25) is 9.59 Å². The van der Waals surface area contributed by atoms with E-state index in [1.807, 2.05) is 6.07 Å². The number of ketones is 1. The molecule has 6 rings (SSSR count). The molecule has 4 fully saturated rings. The molecule has 0 spiro atoms. The van der Waals surface area contributed by atoms with Crippen LogP contribution in [0.4, 0.5) is 0 Å². The standard InChI is InChI=1S/C39H56O3/c1-34(2)17-12-18-37(5)31(34)16-19-39(7)32(37)30(40)25-28-29-26-36(4,21-20-35(29,3)22-23-38(28,39)6)33(41)42-24-11-15-27-13-9-8-10-14-27/h8-10,13-14,25,29,31-32H,11-12,15-24,26H2,1-7H3/t29?,31?,32?,35?,36-,37?,38+,39?/m0/s1. The van der Waals surface area contributed by atoms with Crippen LogP contribution in [0.2, 0.25) is 0 Å². The average Bonchev–Trinajstić information content (AvgIpc) is 2.93. The molecule has 6 unspecified atom stereocenters. The second-order valence-corrected chi connectivity index (χ2v) is 17.3. The van der Waals surface area contributed by atoms with E-state index in [1.54, 1.807) is 0 Å². The smallest absolute Gasteiger partial charge is 0.311 e. The summed E-state index contributed by atoms with van der Waals surface area (Å²) in [4.78, 5) is 28.2. The van der Waals surface area contributed by atoms with E-state index in [1.165, 1.54) is 43.2 Å². The molecule has 0 saturated heterocycles. The summed E-state index contributed by atoms with van der Waals surface area (Å²) < 4.78 is 5.97. The third kappa shape index (κ3) is 4.41. The van der Waals surface area contributed by atoms with Crippen molar-refractivity contribution in [2.75, 3.05) is 6.61 Å². The van der Waals surface area contributed by atoms with Gasteiger partial charge in [0.25, 0.3) is 0 Å². The van der Waals surface area contributed by atoms with E-state index in [4.69, 9.17) is 4.74 Å². The SMILES string of the molecule is CC1(C)CCCC2(C)C1CCC1(C)C2C(=O)C=C2C3C[C@@](C)(C(=O)OCCCc4ccccc4)CCC3(C)CC[C@]21C. The maximum atomic E-state index is 14.5. The Labute approximate surface area is 255 Å². The summed E-state index contributed by atoms with van der Waals surface area (Å²) in [6.07, 6.45) is 15.1. The van der Waals surface area contributed by atoms with Gasteiger partial charge in [0.1, 0.15) is 0 Å². The minimum atomic E-state index is -0.492. The number of rotatable bonds is 5. The Morgan fingerprint density at radius 1 is 0.881 bits per heavy atom. The van der Waals surface area contributed by atoms with E-state index >= 15 is 0 Å². The molecule has 0 amide bonds. The Balaban J connectivity index is 1.26. The van der Waals surface area contributed by atoms with Crippen LogP contribution in [0.25, 0.3) is 0 Å². The molecule has 230 valence electrons. The van der Waals surface area contributed by atoms with E-state index < -0.39 is 5.41 Å². The molecule has 4 saturated carbocycles. The number of hydrogen-bond donors (Lipinski definition) is 0. The Bertz CT molecular complexity index is 1260. The van der Waals surface area contributed by atoms with Crippen molar-refractivity contribution in [3.63, 3.8) is 0 Å². The summed E-state index contributed by atoms with van der Waals surface area (Å²) >= 11 is 0. The number of ether oxygens (including phenoxy) is 1. The van der Waals surface area contributed by atoms with Crippen molar-refractivity contribution in [3.8, 4) is 0 Å². The fourth-order valence-corrected chi connectivity index (χ4v) is 11.7. The van der Waals surface area contributed by atoms with Crippen molar-refractivity contribution in [1.29, 1.82) is 0 Å². The van der Waals surface area contributed by atoms with Crippen LogP contribution in [0.5, 0.6) is 0 Å². The van der Waals surface area contributed by atoms with Crippen LogP contribution in [0, 0.1) is 50.2 Å². The fourth-order valence-electron chi connectivity index (χ4n) is 11.7. The summed E-state index contributed by atoms with van der Waals surface area (Å²) in [7, 11) is 0. The molecule has 0 bridgehead atoms. The first kappa shape index (κ1) is 30.1. The molecule has 3 nitrogen and oxygen atoms in total. The van der Waals surface area contributed by atoms with Crippen molar-refractivity contribution in [2.45, 2.75) is 126 Å². The molecular weight excluding hydrogens is 516 g/mol. The van der Waals surface area contributed by atoms with Crippen LogP contribution in [0.1, 0.15) is 125 Å². The topological polar surface area (TPSA) is 43.4 Å². The van der Waals surface area contributed by atoms with Crippen molar-refractivity contribution in [3.05, 3.63) is 47.5 Å². The molecule has 5 aliphatic rings. The van der Waals surface area contributed by atoms with E-state index in [2.05, 4.69) is 78.8 Å². The summed E-state index contributed by atoms with van der Waals surface area (Å²) in [6.45, 7) is 17.5. The number of carbonyl (C=O) groups excluding carboxylic acids is 2. The molecule has 1 aromatic rings. The van der Waals surface area contributed by atoms with E-state index in [9.17, 15) is 9.59 Å². The second-order valence-electron chi connectivity index (χ2n) is 17.3. The summed E-state index contributed by atoms with van der Waals surface area (Å²) in [5.41, 5.74) is 2.68. The lowest BCUT2D eigenvalue weighted by molar-refractivity contribution is -0.186. The fraction of sp³-hybridized carbons (Fsp3) is 0.744. The van der Waals surface area contributed by atoms with Gasteiger partial charge in [0.15, 0.2) is 5.78 Å². The number of allylic oxidation sites excluding steroid dienone is 2. The van der Waals surface area contributed by atoms with Crippen molar-refractivity contribution in [1.82, 2.24) is 0 Å². The molecule has 0 N–H and O–H groups in total. The van der Waals surface area contributed by atoms with Gasteiger partial charge in [0.2, 0.25) is 0 Å². The van der Waals surface area contributed by atoms with E-state index in [0.717, 1.165) is 44.9 Å². The van der Waals surface area contributed by atoms with Crippen molar-refractivity contribution < 1.29 is 14.3 Å². The summed E-state index contributed by atoms with van der Waals surface area (Å²) in [5, 5.41) is 0. The Morgan fingerprint density at radius 2 is 1.60 bits per heavy atom. The number of fused-ring (bicyclic) bond motifs is 7. The van der Waals surface area contributed by atoms with Crippen LogP contribution < -0.4 is 0 Å². The lowest BCUT2D eigenvalue weighted by Gasteiger charge is -2.70. The lowest BCUT2D eigenvalue weighted by Crippen LogP contribution is -2.65. The average molecular weight is 573 g/mol. The van der Waals surface area contributed by atoms with E-state index in [0.29, 0.717) is 23.7 Å². The minimum Gasteiger partial charge on any atom is -0.465 e. The highest BCUT2D eigenvalue weighted by Gasteiger charge is 2.69. The first-order valence-electron chi connectivity index (χ1n) is 17.2. The van der Waals surface area contributed by atoms with Crippen LogP contribution in [-0.4, -0.2) is 18.4 Å². The summed E-state index contributed by atoms with van der Waals surface area (Å²) in [5.74, 6) is 1.35. The first-order chi connectivity index (χ1) is 19.7. The Hall–Kier alpha value is -1.90. The van der Waals surface area contributed by atoms with Crippen molar-refractivity contribution in [2.24, 2.45) is 50.2 Å². The third-order valence-corrected chi connectivity index (χ3v) is 14.5. The van der Waals surface area contributed by atoms with E-state index in [-0.39, 0.29) is 39.5 Å². The molecule has 0 aromatic heterocycles. The molecule has 3 heteroatoms. The largest absolute Gasteiger partial charge is 0.465 e. The highest BCUT2D eigenvalue weighted by atomic mass is 16.5. The van der Waals surface area contributed by atoms with Gasteiger partial charge >= 0.3 is 5.97 Å². The zero-order valence-corrected chi connectivity index (χ0v) is 27.6. The predicted molar refractivity (Wildman–Crippen MR) is 170 cm³/mol. The van der Waals surface area contributed by atoms with Gasteiger partial charge in [-0.15, -0.1) is 0 Å². The highest BCUT2D eigenvalue weighted by molar-refractivity contribution is 5.95. The molecule has 0 radical (unpaired) electrons. The summed E-state index contributed by atoms with van der Waals surface area (Å²) in [6, 6.07) is 10.4. The maximum absolute atomic E-state index is 14.5. The van der Waals surface area contributed by atoms with Gasteiger partial charge in [0, 0.05) is 5.92 Å². The molecule has 1 aromatic carbocycles. The number of esters is 1. The zero-order valence-electron chi connectivity index (χ0n) is 27.6. The molecule has 42 heavy (non-hydrogen) atoms. The Morgan fingerprint density at radius 3 is 2.33 bits per heavy atom. The van der Waals surface area contributed by atoms with Gasteiger partial charge in [-0.1, -0.05) is 83.9 Å². The second kappa shape index (κ2) is 10.1. The van der Waals surface area contributed by atoms with Gasteiger partial charge < -0.3 is 4.74 Å². The quantitative estimate of drug-likeness (QED) is 0.261. The van der Waals surface area contributed by atoms with Crippen LogP contribution >= 0.6 is 0 Å². The molecule has 0 heterocycles. The van der Waals surface area contributed by atoms with Gasteiger partial charge in [-0.2, -0.15) is 0 Å². The molecule has 0 aliphatic heterocycles. The van der Waals surface area contributed by atoms with Gasteiger partial charge in [-0.25, -0.2) is 0 Å². The predicted octanol–water partition coefficient (Wildman–Crippen LogP) is 9.53. The van der Waals surface area contributed by atoms with Crippen molar-refractivity contribution >= 4 is 11.8 Å². The maximum Gasteiger partial charge on any atom is 0.311 e. The normalized spacial score (nSPS) is 44.1. The van der Waals surface area contributed by atoms with Crippen LogP contribution in [-0.2, 0) is 20.7 Å². The number of carbonyl (C=O) groups is 2. The van der Waals surface area contributed by atoms with Crippen LogP contribution in [0.3, 0.4) is 0 Å². The lowest BCUT2D eigenvalue weighted by atomic mass is 9.33. The minimum absolute atomic E-state index is 0.00314. The zero-order chi connectivity index (χ0) is 30.2. The molecular formula is C39H56O3. The Kier molecular flexibility index (Phi) is 7.22. The van der Waals surface area contributed by atoms with Gasteiger partial charge in [0.05, 0.1) is 12.0 Å². The highest BCUT2D eigenvalue weighted by Crippen LogP contribution is 2.75. The number of hydrogen-bond acceptors (Lipinski definition) is 3. The monoisotopic (exact) mass is 572 g/mol. The van der Waals surface area contributed by atoms with Gasteiger partial charge in [-0.05, 0) is 128 Å². The number of aryl methyl sites for hydroxylation is 1. The number of benzene rings is 1. The molecule has 8 atom stereocenters. The third-order valence-electron chi connectivity index (χ3n) is 14.5. The molecule has 5 aliphatic carbocycles. The van der Waals surface area contributed by atoms with Crippen LogP contribution in [0.15, 0.2) is 42.0 Å². The first-order valence-corrected chi connectivity index (χ1v) is 17.2.